The van der Waals surface area contributed by atoms with Crippen molar-refractivity contribution in [2.75, 3.05) is 5.32 Å². The molecule has 0 aliphatic heterocycles. The molecule has 0 radical (unpaired) electrons. The monoisotopic (exact) mass is 342 g/mol. The van der Waals surface area contributed by atoms with Gasteiger partial charge in [0.2, 0.25) is 0 Å². The van der Waals surface area contributed by atoms with Gasteiger partial charge in [0.25, 0.3) is 0 Å². The van der Waals surface area contributed by atoms with Gasteiger partial charge in [-0.3, -0.25) is 9.59 Å². The number of ketones is 2. The lowest BCUT2D eigenvalue weighted by molar-refractivity contribution is -0.116. The summed E-state index contributed by atoms with van der Waals surface area (Å²) < 4.78 is 0. The Balaban J connectivity index is 1.94. The molecular formula is C19H19ClN2O2. The number of nitrogens with zero attached hydrogens (tertiary/aromatic N) is 1. The van der Waals surface area contributed by atoms with Gasteiger partial charge in [-0.1, -0.05) is 23.2 Å². The average molecular weight is 343 g/mol. The molecule has 1 aromatic carbocycles. The fourth-order valence-corrected chi connectivity index (χ4v) is 3.19. The average Bonchev–Trinajstić information content (AvgIpc) is 2.64. The number of anilines is 1. The van der Waals surface area contributed by atoms with Crippen molar-refractivity contribution in [3.63, 3.8) is 0 Å². The molecule has 1 unspecified atom stereocenters. The summed E-state index contributed by atoms with van der Waals surface area (Å²) in [5.74, 6) is 0.528. The lowest BCUT2D eigenvalue weighted by atomic mass is 10.0. The van der Waals surface area contributed by atoms with E-state index in [4.69, 9.17) is 11.6 Å². The van der Waals surface area contributed by atoms with Crippen LogP contribution < -0.4 is 5.32 Å². The van der Waals surface area contributed by atoms with Crippen LogP contribution in [0.2, 0.25) is 5.02 Å². The van der Waals surface area contributed by atoms with Crippen molar-refractivity contribution in [2.45, 2.75) is 39.7 Å². The molecule has 1 N–H and O–H groups in total. The van der Waals surface area contributed by atoms with Gasteiger partial charge in [0.15, 0.2) is 11.6 Å². The van der Waals surface area contributed by atoms with E-state index in [1.54, 1.807) is 19.9 Å². The van der Waals surface area contributed by atoms with E-state index in [2.05, 4.69) is 10.3 Å². The summed E-state index contributed by atoms with van der Waals surface area (Å²) in [5, 5.41) is 4.63. The molecule has 0 fully saturated rings. The molecule has 0 saturated carbocycles. The van der Waals surface area contributed by atoms with Crippen LogP contribution in [0.5, 0.6) is 0 Å². The molecule has 5 heteroatoms. The summed E-state index contributed by atoms with van der Waals surface area (Å²) in [7, 11) is 0. The van der Waals surface area contributed by atoms with Crippen LogP contribution in [0.1, 0.15) is 32.3 Å². The number of rotatable bonds is 2. The smallest absolute Gasteiger partial charge is 0.181 e. The van der Waals surface area contributed by atoms with E-state index in [0.717, 1.165) is 16.5 Å². The first kappa shape index (κ1) is 16.7. The number of pyridine rings is 1. The van der Waals surface area contributed by atoms with Crippen molar-refractivity contribution in [1.82, 2.24) is 4.98 Å². The molecule has 1 atom stereocenters. The van der Waals surface area contributed by atoms with Gasteiger partial charge in [-0.2, -0.15) is 0 Å². The van der Waals surface area contributed by atoms with E-state index < -0.39 is 6.04 Å². The Kier molecular flexibility index (Phi) is 4.41. The fraction of sp³-hybridized carbons (Fsp3) is 0.316. The van der Waals surface area contributed by atoms with Crippen molar-refractivity contribution >= 4 is 39.9 Å². The number of nitrogens with one attached hydrogen (secondary N) is 1. The maximum absolute atomic E-state index is 12.6. The maximum atomic E-state index is 12.6. The minimum atomic E-state index is -0.460. The summed E-state index contributed by atoms with van der Waals surface area (Å²) in [6.45, 7) is 5.42. The summed E-state index contributed by atoms with van der Waals surface area (Å²) in [6, 6.07) is 7.14. The minimum absolute atomic E-state index is 0.0325. The molecule has 24 heavy (non-hydrogen) atoms. The second-order valence-corrected chi connectivity index (χ2v) is 6.69. The van der Waals surface area contributed by atoms with Crippen molar-refractivity contribution in [3.05, 3.63) is 46.0 Å². The van der Waals surface area contributed by atoms with E-state index in [-0.39, 0.29) is 11.6 Å². The SMILES string of the molecule is CC1=C(C)C(=O)C(Nc2cc(Cl)c3cc(C)ccc3n2)CCC1=O. The van der Waals surface area contributed by atoms with Gasteiger partial charge in [0.1, 0.15) is 5.82 Å². The molecule has 124 valence electrons. The van der Waals surface area contributed by atoms with E-state index in [1.165, 1.54) is 0 Å². The largest absolute Gasteiger partial charge is 0.360 e. The number of carbonyl (C=O) groups excluding carboxylic acids is 2. The maximum Gasteiger partial charge on any atom is 0.181 e. The van der Waals surface area contributed by atoms with Crippen LogP contribution >= 0.6 is 11.6 Å². The summed E-state index contributed by atoms with van der Waals surface area (Å²) in [4.78, 5) is 29.1. The van der Waals surface area contributed by atoms with Gasteiger partial charge < -0.3 is 5.32 Å². The Bertz CT molecular complexity index is 886. The van der Waals surface area contributed by atoms with Crippen LogP contribution in [0, 0.1) is 6.92 Å². The molecule has 0 bridgehead atoms. The molecule has 0 spiro atoms. The van der Waals surface area contributed by atoms with Gasteiger partial charge in [0.05, 0.1) is 16.6 Å². The van der Waals surface area contributed by atoms with Crippen molar-refractivity contribution in [3.8, 4) is 0 Å². The molecule has 0 saturated heterocycles. The molecule has 1 heterocycles. The summed E-state index contributed by atoms with van der Waals surface area (Å²) in [6.07, 6.45) is 0.810. The highest BCUT2D eigenvalue weighted by atomic mass is 35.5. The molecule has 3 rings (SSSR count). The first-order valence-electron chi connectivity index (χ1n) is 7.95. The topological polar surface area (TPSA) is 59.1 Å². The number of hydrogen-bond acceptors (Lipinski definition) is 4. The quantitative estimate of drug-likeness (QED) is 0.886. The highest BCUT2D eigenvalue weighted by molar-refractivity contribution is 6.35. The van der Waals surface area contributed by atoms with Crippen LogP contribution in [0.25, 0.3) is 10.9 Å². The number of carbonyl (C=O) groups is 2. The summed E-state index contributed by atoms with van der Waals surface area (Å²) >= 11 is 6.37. The van der Waals surface area contributed by atoms with Gasteiger partial charge in [-0.05, 0) is 51.0 Å². The first-order valence-corrected chi connectivity index (χ1v) is 8.33. The van der Waals surface area contributed by atoms with Crippen LogP contribution in [0.3, 0.4) is 0 Å². The lowest BCUT2D eigenvalue weighted by Gasteiger charge is -2.17. The van der Waals surface area contributed by atoms with Crippen molar-refractivity contribution < 1.29 is 9.59 Å². The number of halogens is 1. The van der Waals surface area contributed by atoms with Crippen LogP contribution in [0.15, 0.2) is 35.4 Å². The predicted octanol–water partition coefficient (Wildman–Crippen LogP) is 4.25. The lowest BCUT2D eigenvalue weighted by Crippen LogP contribution is -2.30. The Morgan fingerprint density at radius 2 is 1.88 bits per heavy atom. The summed E-state index contributed by atoms with van der Waals surface area (Å²) in [5.41, 5.74) is 2.97. The molecule has 4 nitrogen and oxygen atoms in total. The van der Waals surface area contributed by atoms with Gasteiger partial charge in [0, 0.05) is 17.4 Å². The minimum Gasteiger partial charge on any atom is -0.360 e. The fourth-order valence-electron chi connectivity index (χ4n) is 2.94. The van der Waals surface area contributed by atoms with E-state index in [1.807, 2.05) is 25.1 Å². The van der Waals surface area contributed by atoms with Crippen LogP contribution in [-0.4, -0.2) is 22.6 Å². The molecule has 1 aromatic heterocycles. The predicted molar refractivity (Wildman–Crippen MR) is 96.5 cm³/mol. The van der Waals surface area contributed by atoms with E-state index >= 15 is 0 Å². The van der Waals surface area contributed by atoms with E-state index in [9.17, 15) is 9.59 Å². The number of Topliss-reactive ketones (excluding diaryl/α,β-unsaturated/α-hetero) is 2. The number of aromatic nitrogens is 1. The zero-order valence-electron chi connectivity index (χ0n) is 13.9. The molecule has 1 aliphatic rings. The molecular weight excluding hydrogens is 324 g/mol. The van der Waals surface area contributed by atoms with Crippen LogP contribution in [0.4, 0.5) is 5.82 Å². The second kappa shape index (κ2) is 6.36. The number of hydrogen-bond donors (Lipinski definition) is 1. The number of benzene rings is 1. The highest BCUT2D eigenvalue weighted by Gasteiger charge is 2.27. The zero-order chi connectivity index (χ0) is 17.4. The Morgan fingerprint density at radius 1 is 1.12 bits per heavy atom. The van der Waals surface area contributed by atoms with Gasteiger partial charge in [-0.25, -0.2) is 4.98 Å². The number of fused-ring (bicyclic) bond motifs is 1. The number of allylic oxidation sites excluding steroid dienone is 1. The normalized spacial score (nSPS) is 18.9. The van der Waals surface area contributed by atoms with Crippen molar-refractivity contribution in [1.29, 1.82) is 0 Å². The van der Waals surface area contributed by atoms with E-state index in [0.29, 0.717) is 34.8 Å². The van der Waals surface area contributed by atoms with Gasteiger partial charge >= 0.3 is 0 Å². The third-order valence-corrected chi connectivity index (χ3v) is 4.88. The zero-order valence-corrected chi connectivity index (χ0v) is 14.7. The van der Waals surface area contributed by atoms with Crippen molar-refractivity contribution in [2.24, 2.45) is 0 Å². The molecule has 2 aromatic rings. The molecule has 0 amide bonds. The Labute approximate surface area is 145 Å². The van der Waals surface area contributed by atoms with Crippen LogP contribution in [-0.2, 0) is 9.59 Å². The van der Waals surface area contributed by atoms with Gasteiger partial charge in [-0.15, -0.1) is 0 Å². The Hall–Kier alpha value is -2.20. The highest BCUT2D eigenvalue weighted by Crippen LogP contribution is 2.28. The first-order chi connectivity index (χ1) is 11.4. The standard InChI is InChI=1S/C19H19ClN2O2/c1-10-4-5-15-13(8-10)14(20)9-18(21-15)22-16-6-7-17(23)11(2)12(3)19(16)24/h4-5,8-9,16H,6-7H2,1-3H3,(H,21,22). The molecule has 1 aliphatic carbocycles. The Morgan fingerprint density at radius 3 is 2.62 bits per heavy atom. The third kappa shape index (κ3) is 3.06. The second-order valence-electron chi connectivity index (χ2n) is 6.28. The number of aryl methyl sites for hydroxylation is 1. The third-order valence-electron chi connectivity index (χ3n) is 4.56.